The molecule has 8 heteroatoms. The van der Waals surface area contributed by atoms with Crippen molar-refractivity contribution in [1.82, 2.24) is 4.72 Å². The highest BCUT2D eigenvalue weighted by Gasteiger charge is 2.27. The van der Waals surface area contributed by atoms with Crippen LogP contribution >= 0.6 is 15.9 Å². The zero-order valence-corrected chi connectivity index (χ0v) is 12.8. The van der Waals surface area contributed by atoms with Crippen LogP contribution in [0.15, 0.2) is 27.6 Å². The molecular formula is C11H14BrFN2O3S. The second-order valence-corrected chi connectivity index (χ2v) is 7.27. The minimum absolute atomic E-state index is 0.164. The number of primary amides is 1. The van der Waals surface area contributed by atoms with Gasteiger partial charge in [0.1, 0.15) is 5.82 Å². The van der Waals surface area contributed by atoms with Gasteiger partial charge in [-0.15, -0.1) is 0 Å². The van der Waals surface area contributed by atoms with Gasteiger partial charge >= 0.3 is 0 Å². The summed E-state index contributed by atoms with van der Waals surface area (Å²) in [5.74, 6) is -1.31. The molecule has 5 nitrogen and oxygen atoms in total. The van der Waals surface area contributed by atoms with Gasteiger partial charge in [-0.05, 0) is 48.0 Å². The van der Waals surface area contributed by atoms with Crippen LogP contribution in [0, 0.1) is 11.2 Å². The number of hydrogen-bond acceptors (Lipinski definition) is 3. The highest BCUT2D eigenvalue weighted by atomic mass is 79.9. The summed E-state index contributed by atoms with van der Waals surface area (Å²) in [6.07, 6.45) is 0. The van der Waals surface area contributed by atoms with Crippen molar-refractivity contribution in [3.63, 3.8) is 0 Å². The summed E-state index contributed by atoms with van der Waals surface area (Å²) in [5.41, 5.74) is 4.12. The first-order valence-electron chi connectivity index (χ1n) is 5.31. The fourth-order valence-corrected chi connectivity index (χ4v) is 2.56. The Hall–Kier alpha value is -0.990. The molecule has 3 N–H and O–H groups in total. The molecule has 106 valence electrons. The first kappa shape index (κ1) is 16.1. The summed E-state index contributed by atoms with van der Waals surface area (Å²) in [5, 5.41) is 0. The first-order valence-corrected chi connectivity index (χ1v) is 7.58. The third-order valence-corrected chi connectivity index (χ3v) is 4.61. The van der Waals surface area contributed by atoms with Crippen LogP contribution in [-0.4, -0.2) is 20.9 Å². The van der Waals surface area contributed by atoms with Crippen molar-refractivity contribution in [3.8, 4) is 0 Å². The summed E-state index contributed by atoms with van der Waals surface area (Å²) in [6.45, 7) is 2.86. The van der Waals surface area contributed by atoms with Gasteiger partial charge < -0.3 is 5.73 Å². The Balaban J connectivity index is 2.93. The average molecular weight is 353 g/mol. The molecule has 0 heterocycles. The number of carbonyl (C=O) groups is 1. The number of benzene rings is 1. The topological polar surface area (TPSA) is 89.3 Å². The maximum absolute atomic E-state index is 13.3. The van der Waals surface area contributed by atoms with E-state index in [2.05, 4.69) is 20.7 Å². The van der Waals surface area contributed by atoms with Crippen molar-refractivity contribution < 1.29 is 17.6 Å². The van der Waals surface area contributed by atoms with Crippen molar-refractivity contribution in [3.05, 3.63) is 28.5 Å². The Morgan fingerprint density at radius 2 is 2.05 bits per heavy atom. The zero-order chi connectivity index (χ0) is 14.8. The molecular weight excluding hydrogens is 339 g/mol. The molecule has 0 saturated heterocycles. The molecule has 1 aromatic rings. The summed E-state index contributed by atoms with van der Waals surface area (Å²) >= 11 is 2.93. The third-order valence-electron chi connectivity index (χ3n) is 2.57. The molecule has 0 aliphatic heterocycles. The monoisotopic (exact) mass is 352 g/mol. The van der Waals surface area contributed by atoms with Crippen LogP contribution in [0.5, 0.6) is 0 Å². The van der Waals surface area contributed by atoms with Gasteiger partial charge in [-0.3, -0.25) is 4.79 Å². The molecule has 0 aromatic heterocycles. The van der Waals surface area contributed by atoms with Gasteiger partial charge in [0.2, 0.25) is 15.9 Å². The van der Waals surface area contributed by atoms with Crippen molar-refractivity contribution in [2.75, 3.05) is 6.54 Å². The van der Waals surface area contributed by atoms with E-state index in [0.717, 1.165) is 6.07 Å². The number of sulfonamides is 1. The normalized spacial score (nSPS) is 12.4. The van der Waals surface area contributed by atoms with Gasteiger partial charge in [0.25, 0.3) is 0 Å². The van der Waals surface area contributed by atoms with E-state index in [4.69, 9.17) is 5.73 Å². The fraction of sp³-hybridized carbons (Fsp3) is 0.364. The van der Waals surface area contributed by atoms with Crippen LogP contribution in [0.3, 0.4) is 0 Å². The zero-order valence-electron chi connectivity index (χ0n) is 10.4. The highest BCUT2D eigenvalue weighted by Crippen LogP contribution is 2.20. The van der Waals surface area contributed by atoms with Crippen LogP contribution in [-0.2, 0) is 14.8 Å². The van der Waals surface area contributed by atoms with Crippen molar-refractivity contribution in [1.29, 1.82) is 0 Å². The SMILES string of the molecule is CC(C)(CNS(=O)(=O)c1ccc(Br)c(F)c1)C(N)=O. The van der Waals surface area contributed by atoms with Gasteiger partial charge in [0.05, 0.1) is 14.8 Å². The van der Waals surface area contributed by atoms with Crippen LogP contribution in [0.2, 0.25) is 0 Å². The van der Waals surface area contributed by atoms with E-state index in [-0.39, 0.29) is 15.9 Å². The number of nitrogens with one attached hydrogen (secondary N) is 1. The number of nitrogens with two attached hydrogens (primary N) is 1. The molecule has 0 bridgehead atoms. The smallest absolute Gasteiger partial charge is 0.240 e. The second kappa shape index (κ2) is 5.56. The molecule has 1 amide bonds. The minimum Gasteiger partial charge on any atom is -0.369 e. The van der Waals surface area contributed by atoms with Gasteiger partial charge in [-0.25, -0.2) is 17.5 Å². The van der Waals surface area contributed by atoms with E-state index in [0.29, 0.717) is 0 Å². The van der Waals surface area contributed by atoms with E-state index in [1.807, 2.05) is 0 Å². The molecule has 1 rings (SSSR count). The maximum Gasteiger partial charge on any atom is 0.240 e. The summed E-state index contributed by atoms with van der Waals surface area (Å²) in [6, 6.07) is 3.44. The Morgan fingerprint density at radius 3 is 2.53 bits per heavy atom. The van der Waals surface area contributed by atoms with Gasteiger partial charge in [-0.1, -0.05) is 0 Å². The van der Waals surface area contributed by atoms with Gasteiger partial charge in [-0.2, -0.15) is 0 Å². The van der Waals surface area contributed by atoms with Crippen LogP contribution in [0.25, 0.3) is 0 Å². The Bertz CT molecular complexity index is 602. The third kappa shape index (κ3) is 3.99. The molecule has 0 fully saturated rings. The molecule has 0 saturated carbocycles. The molecule has 1 aromatic carbocycles. The number of hydrogen-bond donors (Lipinski definition) is 2. The van der Waals surface area contributed by atoms with Gasteiger partial charge in [0, 0.05) is 6.54 Å². The van der Waals surface area contributed by atoms with E-state index in [1.54, 1.807) is 0 Å². The highest BCUT2D eigenvalue weighted by molar-refractivity contribution is 9.10. The summed E-state index contributed by atoms with van der Waals surface area (Å²) < 4.78 is 39.5. The maximum atomic E-state index is 13.3. The minimum atomic E-state index is -3.88. The second-order valence-electron chi connectivity index (χ2n) is 4.65. The molecule has 0 atom stereocenters. The van der Waals surface area contributed by atoms with Crippen molar-refractivity contribution in [2.45, 2.75) is 18.7 Å². The Morgan fingerprint density at radius 1 is 1.47 bits per heavy atom. The molecule has 0 aliphatic carbocycles. The Labute approximate surface area is 119 Å². The predicted molar refractivity (Wildman–Crippen MR) is 72.3 cm³/mol. The molecule has 0 radical (unpaired) electrons. The molecule has 0 unspecified atom stereocenters. The summed E-state index contributed by atoms with van der Waals surface area (Å²) in [4.78, 5) is 10.9. The van der Waals surface area contributed by atoms with Crippen LogP contribution in [0.1, 0.15) is 13.8 Å². The summed E-state index contributed by atoms with van der Waals surface area (Å²) in [7, 11) is -3.88. The largest absolute Gasteiger partial charge is 0.369 e. The lowest BCUT2D eigenvalue weighted by Crippen LogP contribution is -2.42. The molecule has 0 aliphatic rings. The van der Waals surface area contributed by atoms with Crippen molar-refractivity contribution in [2.24, 2.45) is 11.1 Å². The number of rotatable bonds is 5. The molecule has 0 spiro atoms. The number of amides is 1. The quantitative estimate of drug-likeness (QED) is 0.838. The Kier molecular flexibility index (Phi) is 4.70. The van der Waals surface area contributed by atoms with Crippen LogP contribution in [0.4, 0.5) is 4.39 Å². The fourth-order valence-electron chi connectivity index (χ4n) is 1.09. The molecule has 19 heavy (non-hydrogen) atoms. The number of halogens is 2. The van der Waals surface area contributed by atoms with Crippen LogP contribution < -0.4 is 10.5 Å². The van der Waals surface area contributed by atoms with Gasteiger partial charge in [0.15, 0.2) is 0 Å². The lowest BCUT2D eigenvalue weighted by molar-refractivity contribution is -0.125. The lowest BCUT2D eigenvalue weighted by Gasteiger charge is -2.20. The number of carbonyl (C=O) groups excluding carboxylic acids is 1. The van der Waals surface area contributed by atoms with E-state index in [1.165, 1.54) is 26.0 Å². The predicted octanol–water partition coefficient (Wildman–Crippen LogP) is 1.38. The standard InChI is InChI=1S/C11H14BrFN2O3S/c1-11(2,10(14)16)6-15-19(17,18)7-3-4-8(12)9(13)5-7/h3-5,15H,6H2,1-2H3,(H2,14,16). The average Bonchev–Trinajstić information content (AvgIpc) is 2.30. The lowest BCUT2D eigenvalue weighted by atomic mass is 9.93. The van der Waals surface area contributed by atoms with E-state index < -0.39 is 27.2 Å². The van der Waals surface area contributed by atoms with E-state index >= 15 is 0 Å². The van der Waals surface area contributed by atoms with E-state index in [9.17, 15) is 17.6 Å². The first-order chi connectivity index (χ1) is 8.56. The van der Waals surface area contributed by atoms with Crippen molar-refractivity contribution >= 4 is 31.9 Å².